The van der Waals surface area contributed by atoms with E-state index in [0.717, 1.165) is 19.3 Å². The second-order valence-electron chi connectivity index (χ2n) is 8.73. The third-order valence-electron chi connectivity index (χ3n) is 7.06. The second-order valence-corrected chi connectivity index (χ2v) is 8.73. The smallest absolute Gasteiger partial charge is 0.233 e. The lowest BCUT2D eigenvalue weighted by molar-refractivity contribution is -0.274. The summed E-state index contributed by atoms with van der Waals surface area (Å²) in [5.41, 5.74) is 0.162. The summed E-state index contributed by atoms with van der Waals surface area (Å²) < 4.78 is 5.71. The third-order valence-corrected chi connectivity index (χ3v) is 7.06. The van der Waals surface area contributed by atoms with Crippen LogP contribution < -0.4 is 0 Å². The molecule has 0 amide bonds. The molecule has 4 atom stereocenters. The summed E-state index contributed by atoms with van der Waals surface area (Å²) in [5.74, 6) is -1.32. The van der Waals surface area contributed by atoms with Crippen molar-refractivity contribution in [2.45, 2.75) is 59.2 Å². The molecule has 2 bridgehead atoms. The number of aliphatic hydroxyl groups is 2. The van der Waals surface area contributed by atoms with Gasteiger partial charge in [-0.25, -0.2) is 0 Å². The van der Waals surface area contributed by atoms with Crippen LogP contribution in [-0.2, 0) is 14.3 Å². The van der Waals surface area contributed by atoms with Crippen LogP contribution in [0, 0.1) is 22.7 Å². The number of aliphatic hydroxyl groups excluding tert-OH is 2. The highest BCUT2D eigenvalue weighted by Crippen LogP contribution is 2.65. The van der Waals surface area contributed by atoms with E-state index < -0.39 is 23.3 Å². The minimum absolute atomic E-state index is 0.0347. The van der Waals surface area contributed by atoms with E-state index in [9.17, 15) is 19.8 Å². The Bertz CT molecular complexity index is 730. The Morgan fingerprint density at radius 3 is 2.60 bits per heavy atom. The first kappa shape index (κ1) is 17.0. The molecule has 5 heteroatoms. The van der Waals surface area contributed by atoms with Crippen LogP contribution in [0.4, 0.5) is 0 Å². The lowest BCUT2D eigenvalue weighted by Crippen LogP contribution is -2.62. The van der Waals surface area contributed by atoms with Gasteiger partial charge in [0.2, 0.25) is 11.6 Å². The van der Waals surface area contributed by atoms with E-state index in [0.29, 0.717) is 30.6 Å². The third kappa shape index (κ3) is 1.97. The summed E-state index contributed by atoms with van der Waals surface area (Å²) in [5, 5.41) is 21.6. The standard InChI is InChI=1S/C20H26O5/c1-10(2)13-15(21)11-5-6-12-19(3)7-4-8-20(12,18(24)25-9-19)14(11)17(23)16(13)22/h10,12,18,21,24H,4-9H2,1-3H3/t12-,18+,19+,20+/m0/s1. The average Bonchev–Trinajstić information content (AvgIpc) is 2.55. The molecule has 0 aromatic carbocycles. The molecule has 1 saturated heterocycles. The molecule has 136 valence electrons. The number of rotatable bonds is 1. The largest absolute Gasteiger partial charge is 0.507 e. The average molecular weight is 346 g/mol. The predicted octanol–water partition coefficient (Wildman–Crippen LogP) is 2.84. The number of hydrogen-bond donors (Lipinski definition) is 2. The summed E-state index contributed by atoms with van der Waals surface area (Å²) in [6, 6.07) is 0. The lowest BCUT2D eigenvalue weighted by Gasteiger charge is -2.61. The quantitative estimate of drug-likeness (QED) is 0.563. The van der Waals surface area contributed by atoms with E-state index in [-0.39, 0.29) is 28.6 Å². The van der Waals surface area contributed by atoms with Crippen molar-refractivity contribution in [3.8, 4) is 0 Å². The van der Waals surface area contributed by atoms with Crippen LogP contribution in [0.2, 0.25) is 0 Å². The molecule has 0 spiro atoms. The Morgan fingerprint density at radius 2 is 1.92 bits per heavy atom. The van der Waals surface area contributed by atoms with Crippen LogP contribution in [0.15, 0.2) is 22.5 Å². The number of ketones is 2. The lowest BCUT2D eigenvalue weighted by atomic mass is 9.46. The van der Waals surface area contributed by atoms with Gasteiger partial charge in [0.25, 0.3) is 0 Å². The van der Waals surface area contributed by atoms with Crippen molar-refractivity contribution < 1.29 is 24.5 Å². The fourth-order valence-corrected chi connectivity index (χ4v) is 5.99. The van der Waals surface area contributed by atoms with Crippen molar-refractivity contribution in [3.05, 3.63) is 22.5 Å². The molecule has 1 aliphatic heterocycles. The molecule has 5 nitrogen and oxygen atoms in total. The zero-order chi connectivity index (χ0) is 18.1. The van der Waals surface area contributed by atoms with Gasteiger partial charge in [0.15, 0.2) is 6.29 Å². The van der Waals surface area contributed by atoms with Gasteiger partial charge in [-0.1, -0.05) is 27.2 Å². The zero-order valence-corrected chi connectivity index (χ0v) is 15.1. The maximum atomic E-state index is 13.1. The molecule has 0 radical (unpaired) electrons. The summed E-state index contributed by atoms with van der Waals surface area (Å²) >= 11 is 0. The number of carbonyl (C=O) groups excluding carboxylic acids is 2. The zero-order valence-electron chi connectivity index (χ0n) is 15.1. The molecule has 25 heavy (non-hydrogen) atoms. The molecule has 2 N–H and O–H groups in total. The Morgan fingerprint density at radius 1 is 1.20 bits per heavy atom. The van der Waals surface area contributed by atoms with Crippen molar-refractivity contribution >= 4 is 11.6 Å². The summed E-state index contributed by atoms with van der Waals surface area (Å²) in [7, 11) is 0. The molecule has 1 heterocycles. The van der Waals surface area contributed by atoms with Gasteiger partial charge in [-0.05, 0) is 42.9 Å². The van der Waals surface area contributed by atoms with Gasteiger partial charge >= 0.3 is 0 Å². The summed E-state index contributed by atoms with van der Waals surface area (Å²) in [6.07, 6.45) is 2.78. The molecule has 0 unspecified atom stereocenters. The van der Waals surface area contributed by atoms with Crippen molar-refractivity contribution in [2.24, 2.45) is 22.7 Å². The summed E-state index contributed by atoms with van der Waals surface area (Å²) in [6.45, 7) is 6.25. The first-order valence-electron chi connectivity index (χ1n) is 9.30. The van der Waals surface area contributed by atoms with Crippen molar-refractivity contribution in [2.75, 3.05) is 6.61 Å². The minimum atomic E-state index is -1.10. The fraction of sp³-hybridized carbons (Fsp3) is 0.700. The monoisotopic (exact) mass is 346 g/mol. The van der Waals surface area contributed by atoms with Crippen LogP contribution in [0.1, 0.15) is 52.9 Å². The Hall–Kier alpha value is -1.46. The number of ether oxygens (including phenoxy) is 1. The molecule has 3 aliphatic carbocycles. The summed E-state index contributed by atoms with van der Waals surface area (Å²) in [4.78, 5) is 25.8. The molecular formula is C20H26O5. The van der Waals surface area contributed by atoms with E-state index in [1.807, 2.05) is 13.8 Å². The van der Waals surface area contributed by atoms with Crippen LogP contribution in [0.3, 0.4) is 0 Å². The molecule has 0 aromatic rings. The Kier molecular flexibility index (Phi) is 3.58. The molecule has 2 fully saturated rings. The molecule has 0 aromatic heterocycles. The fourth-order valence-electron chi connectivity index (χ4n) is 5.99. The van der Waals surface area contributed by atoms with Crippen molar-refractivity contribution in [3.63, 3.8) is 0 Å². The molecule has 4 aliphatic rings. The van der Waals surface area contributed by atoms with Gasteiger partial charge in [-0.3, -0.25) is 9.59 Å². The number of allylic oxidation sites excluding steroid dienone is 2. The first-order chi connectivity index (χ1) is 11.7. The first-order valence-corrected chi connectivity index (χ1v) is 9.30. The maximum absolute atomic E-state index is 13.1. The predicted molar refractivity (Wildman–Crippen MR) is 90.6 cm³/mol. The molecule has 4 rings (SSSR count). The van der Waals surface area contributed by atoms with Crippen LogP contribution in [0.5, 0.6) is 0 Å². The maximum Gasteiger partial charge on any atom is 0.233 e. The van der Waals surface area contributed by atoms with Gasteiger partial charge in [0, 0.05) is 16.7 Å². The van der Waals surface area contributed by atoms with Gasteiger partial charge in [0.05, 0.1) is 12.0 Å². The van der Waals surface area contributed by atoms with E-state index in [4.69, 9.17) is 4.74 Å². The number of Topliss-reactive ketones (excluding diaryl/α,β-unsaturated/α-hetero) is 2. The highest BCUT2D eigenvalue weighted by molar-refractivity contribution is 6.50. The minimum Gasteiger partial charge on any atom is -0.507 e. The Labute approximate surface area is 147 Å². The van der Waals surface area contributed by atoms with Crippen molar-refractivity contribution in [1.29, 1.82) is 0 Å². The topological polar surface area (TPSA) is 83.8 Å². The van der Waals surface area contributed by atoms with Gasteiger partial charge < -0.3 is 14.9 Å². The Balaban J connectivity index is 1.97. The SMILES string of the molecule is CC(C)C1=C(O)C2=C(C(=O)C1=O)[C@]13CCC[C@](C)(CO[C@H]1O)[C@@H]3CC2. The number of hydrogen-bond acceptors (Lipinski definition) is 5. The highest BCUT2D eigenvalue weighted by atomic mass is 16.6. The molecule has 1 saturated carbocycles. The van der Waals surface area contributed by atoms with Gasteiger partial charge in [0.1, 0.15) is 5.76 Å². The molecular weight excluding hydrogens is 320 g/mol. The highest BCUT2D eigenvalue weighted by Gasteiger charge is 2.64. The van der Waals surface area contributed by atoms with Crippen LogP contribution in [-0.4, -0.2) is 34.7 Å². The number of carbonyl (C=O) groups is 2. The normalized spacial score (nSPS) is 41.2. The van der Waals surface area contributed by atoms with Gasteiger partial charge in [-0.15, -0.1) is 0 Å². The second kappa shape index (κ2) is 5.27. The van der Waals surface area contributed by atoms with E-state index >= 15 is 0 Å². The van der Waals surface area contributed by atoms with Crippen LogP contribution in [0.25, 0.3) is 0 Å². The van der Waals surface area contributed by atoms with Crippen LogP contribution >= 0.6 is 0 Å². The van der Waals surface area contributed by atoms with Crippen molar-refractivity contribution in [1.82, 2.24) is 0 Å². The van der Waals surface area contributed by atoms with E-state index in [1.54, 1.807) is 0 Å². The van der Waals surface area contributed by atoms with E-state index in [1.165, 1.54) is 0 Å². The van der Waals surface area contributed by atoms with Gasteiger partial charge in [-0.2, -0.15) is 0 Å². The van der Waals surface area contributed by atoms with E-state index in [2.05, 4.69) is 6.92 Å².